The third-order valence-electron chi connectivity index (χ3n) is 4.01. The van der Waals surface area contributed by atoms with Gasteiger partial charge >= 0.3 is 6.09 Å². The van der Waals surface area contributed by atoms with Gasteiger partial charge in [0.15, 0.2) is 0 Å². The number of anilines is 1. The zero-order chi connectivity index (χ0) is 17.1. The molecular formula is C20H19NO3. The minimum Gasteiger partial charge on any atom is -0.506 e. The SMILES string of the molecule is COC(=O)N(Cc1ccc(C)cc1)c1c(O)ccc2ccccc12. The monoisotopic (exact) mass is 321 g/mol. The van der Waals surface area contributed by atoms with Crippen molar-refractivity contribution < 1.29 is 14.6 Å². The minimum atomic E-state index is -0.512. The third kappa shape index (κ3) is 3.04. The maximum Gasteiger partial charge on any atom is 0.414 e. The lowest BCUT2D eigenvalue weighted by Crippen LogP contribution is -2.30. The number of rotatable bonds is 3. The first-order valence-electron chi connectivity index (χ1n) is 7.72. The van der Waals surface area contributed by atoms with Crippen LogP contribution < -0.4 is 4.90 Å². The van der Waals surface area contributed by atoms with Crippen LogP contribution in [0, 0.1) is 6.92 Å². The van der Waals surface area contributed by atoms with Gasteiger partial charge in [0.2, 0.25) is 0 Å². The lowest BCUT2D eigenvalue weighted by atomic mass is 10.1. The van der Waals surface area contributed by atoms with Gasteiger partial charge in [0.05, 0.1) is 19.3 Å². The van der Waals surface area contributed by atoms with Crippen LogP contribution in [0.3, 0.4) is 0 Å². The van der Waals surface area contributed by atoms with Crippen molar-refractivity contribution in [1.29, 1.82) is 0 Å². The molecule has 0 aliphatic rings. The van der Waals surface area contributed by atoms with E-state index in [-0.39, 0.29) is 5.75 Å². The Hall–Kier alpha value is -3.01. The largest absolute Gasteiger partial charge is 0.506 e. The zero-order valence-corrected chi connectivity index (χ0v) is 13.7. The molecule has 3 rings (SSSR count). The van der Waals surface area contributed by atoms with Crippen molar-refractivity contribution in [3.05, 3.63) is 71.8 Å². The number of fused-ring (bicyclic) bond motifs is 1. The van der Waals surface area contributed by atoms with Crippen LogP contribution >= 0.6 is 0 Å². The maximum atomic E-state index is 12.4. The first-order chi connectivity index (χ1) is 11.6. The van der Waals surface area contributed by atoms with Gasteiger partial charge in [-0.3, -0.25) is 4.90 Å². The summed E-state index contributed by atoms with van der Waals surface area (Å²) in [7, 11) is 1.34. The van der Waals surface area contributed by atoms with Crippen molar-refractivity contribution in [2.24, 2.45) is 0 Å². The van der Waals surface area contributed by atoms with Gasteiger partial charge in [-0.1, -0.05) is 60.2 Å². The first-order valence-corrected chi connectivity index (χ1v) is 7.72. The molecule has 0 aliphatic carbocycles. The Kier molecular flexibility index (Phi) is 4.38. The van der Waals surface area contributed by atoms with Crippen molar-refractivity contribution in [1.82, 2.24) is 0 Å². The Morgan fingerprint density at radius 2 is 1.75 bits per heavy atom. The van der Waals surface area contributed by atoms with Gasteiger partial charge in [0.1, 0.15) is 5.75 Å². The first kappa shape index (κ1) is 15.9. The molecule has 1 amide bonds. The number of amides is 1. The van der Waals surface area contributed by atoms with E-state index in [2.05, 4.69) is 0 Å². The number of carbonyl (C=O) groups excluding carboxylic acids is 1. The van der Waals surface area contributed by atoms with Crippen molar-refractivity contribution in [2.75, 3.05) is 12.0 Å². The molecule has 3 aromatic rings. The number of hydrogen-bond donors (Lipinski definition) is 1. The summed E-state index contributed by atoms with van der Waals surface area (Å²) in [6, 6.07) is 19.0. The standard InChI is InChI=1S/C20H19NO3/c1-14-7-9-15(10-8-14)13-21(20(23)24-2)19-17-6-4-3-5-16(17)11-12-18(19)22/h3-12,22H,13H2,1-2H3. The van der Waals surface area contributed by atoms with Gasteiger partial charge in [-0.2, -0.15) is 0 Å². The summed E-state index contributed by atoms with van der Waals surface area (Å²) in [5.74, 6) is 0.0474. The second-order valence-electron chi connectivity index (χ2n) is 5.70. The highest BCUT2D eigenvalue weighted by atomic mass is 16.5. The van der Waals surface area contributed by atoms with Crippen LogP contribution in [0.4, 0.5) is 10.5 Å². The number of hydrogen-bond acceptors (Lipinski definition) is 3. The van der Waals surface area contributed by atoms with Crippen molar-refractivity contribution in [3.8, 4) is 5.75 Å². The molecule has 0 fully saturated rings. The molecule has 0 aromatic heterocycles. The molecule has 0 aliphatic heterocycles. The van der Waals surface area contributed by atoms with Crippen LogP contribution in [-0.2, 0) is 11.3 Å². The molecule has 3 aromatic carbocycles. The number of phenolic OH excluding ortho intramolecular Hbond substituents is 1. The smallest absolute Gasteiger partial charge is 0.414 e. The number of aromatic hydroxyl groups is 1. The number of methoxy groups -OCH3 is 1. The van der Waals surface area contributed by atoms with E-state index >= 15 is 0 Å². The molecule has 0 atom stereocenters. The van der Waals surface area contributed by atoms with Gasteiger partial charge in [-0.15, -0.1) is 0 Å². The second-order valence-corrected chi connectivity index (χ2v) is 5.70. The van der Waals surface area contributed by atoms with Gasteiger partial charge in [0.25, 0.3) is 0 Å². The Labute approximate surface area is 140 Å². The van der Waals surface area contributed by atoms with Crippen LogP contribution in [0.1, 0.15) is 11.1 Å². The predicted octanol–water partition coefficient (Wildman–Crippen LogP) is 4.63. The summed E-state index contributed by atoms with van der Waals surface area (Å²) in [4.78, 5) is 13.8. The van der Waals surface area contributed by atoms with Gasteiger partial charge in [-0.05, 0) is 23.9 Å². The van der Waals surface area contributed by atoms with Gasteiger partial charge in [-0.25, -0.2) is 4.79 Å². The molecule has 0 spiro atoms. The number of ether oxygens (including phenoxy) is 1. The average molecular weight is 321 g/mol. The number of carbonyl (C=O) groups is 1. The highest BCUT2D eigenvalue weighted by molar-refractivity contribution is 6.04. The maximum absolute atomic E-state index is 12.4. The molecule has 1 N–H and O–H groups in total. The number of nitrogens with zero attached hydrogens (tertiary/aromatic N) is 1. The average Bonchev–Trinajstić information content (AvgIpc) is 2.61. The minimum absolute atomic E-state index is 0.0474. The fourth-order valence-electron chi connectivity index (χ4n) is 2.75. The Balaban J connectivity index is 2.11. The van der Waals surface area contributed by atoms with Crippen molar-refractivity contribution in [2.45, 2.75) is 13.5 Å². The lowest BCUT2D eigenvalue weighted by Gasteiger charge is -2.24. The molecule has 4 heteroatoms. The predicted molar refractivity (Wildman–Crippen MR) is 95.4 cm³/mol. The molecule has 122 valence electrons. The molecule has 24 heavy (non-hydrogen) atoms. The molecule has 0 bridgehead atoms. The highest BCUT2D eigenvalue weighted by Gasteiger charge is 2.22. The molecule has 0 unspecified atom stereocenters. The summed E-state index contributed by atoms with van der Waals surface area (Å²) in [5.41, 5.74) is 2.57. The second kappa shape index (κ2) is 6.62. The normalized spacial score (nSPS) is 10.6. The van der Waals surface area contributed by atoms with Crippen LogP contribution in [0.15, 0.2) is 60.7 Å². The van der Waals surface area contributed by atoms with Crippen molar-refractivity contribution >= 4 is 22.6 Å². The van der Waals surface area contributed by atoms with Gasteiger partial charge in [0, 0.05) is 5.39 Å². The fraction of sp³-hybridized carbons (Fsp3) is 0.150. The Morgan fingerprint density at radius 3 is 2.46 bits per heavy atom. The van der Waals surface area contributed by atoms with Crippen molar-refractivity contribution in [3.63, 3.8) is 0 Å². The molecule has 0 radical (unpaired) electrons. The summed E-state index contributed by atoms with van der Waals surface area (Å²) in [5, 5.41) is 12.1. The van der Waals surface area contributed by atoms with Gasteiger partial charge < -0.3 is 9.84 Å². The van der Waals surface area contributed by atoms with Crippen LogP contribution in [-0.4, -0.2) is 18.3 Å². The third-order valence-corrected chi connectivity index (χ3v) is 4.01. The molecule has 0 saturated heterocycles. The quantitative estimate of drug-likeness (QED) is 0.765. The Bertz CT molecular complexity index is 872. The number of benzene rings is 3. The van der Waals surface area contributed by atoms with E-state index in [9.17, 15) is 9.90 Å². The molecule has 4 nitrogen and oxygen atoms in total. The van der Waals surface area contributed by atoms with E-state index in [0.29, 0.717) is 12.2 Å². The van der Waals surface area contributed by atoms with E-state index in [1.54, 1.807) is 6.07 Å². The topological polar surface area (TPSA) is 49.8 Å². The Morgan fingerprint density at radius 1 is 1.04 bits per heavy atom. The van der Waals surface area contributed by atoms with Crippen LogP contribution in [0.2, 0.25) is 0 Å². The summed E-state index contributed by atoms with van der Waals surface area (Å²) < 4.78 is 4.94. The van der Waals surface area contributed by atoms with Crippen LogP contribution in [0.25, 0.3) is 10.8 Å². The summed E-state index contributed by atoms with van der Waals surface area (Å²) in [6.07, 6.45) is -0.512. The van der Waals surface area contributed by atoms with E-state index < -0.39 is 6.09 Å². The highest BCUT2D eigenvalue weighted by Crippen LogP contribution is 2.36. The summed E-state index contributed by atoms with van der Waals surface area (Å²) in [6.45, 7) is 2.33. The van der Waals surface area contributed by atoms with E-state index in [1.165, 1.54) is 12.0 Å². The summed E-state index contributed by atoms with van der Waals surface area (Å²) >= 11 is 0. The van der Waals surface area contributed by atoms with E-state index in [4.69, 9.17) is 4.74 Å². The molecule has 0 heterocycles. The lowest BCUT2D eigenvalue weighted by molar-refractivity contribution is 0.178. The molecular weight excluding hydrogens is 302 g/mol. The zero-order valence-electron chi connectivity index (χ0n) is 13.7. The number of aryl methyl sites for hydroxylation is 1. The molecule has 0 saturated carbocycles. The van der Waals surface area contributed by atoms with E-state index in [0.717, 1.165) is 21.9 Å². The van der Waals surface area contributed by atoms with E-state index in [1.807, 2.05) is 61.5 Å². The van der Waals surface area contributed by atoms with Crippen LogP contribution in [0.5, 0.6) is 5.75 Å². The fourth-order valence-corrected chi connectivity index (χ4v) is 2.75. The number of phenols is 1.